The third-order valence-corrected chi connectivity index (χ3v) is 4.55. The Morgan fingerprint density at radius 1 is 1.21 bits per heavy atom. The zero-order chi connectivity index (χ0) is 9.38. The van der Waals surface area contributed by atoms with E-state index in [1.165, 1.54) is 16.9 Å². The summed E-state index contributed by atoms with van der Waals surface area (Å²) in [5.74, 6) is 0. The van der Waals surface area contributed by atoms with Gasteiger partial charge in [0.25, 0.3) is 0 Å². The maximum absolute atomic E-state index is 3.58. The smallest absolute Gasteiger partial charge is 0.0682 e. The molecule has 0 aliphatic carbocycles. The molecule has 0 fully saturated rings. The number of fused-ring (bicyclic) bond motifs is 1. The molecule has 3 heterocycles. The average Bonchev–Trinajstić information content (AvgIpc) is 2.88. The Kier molecular flexibility index (Phi) is 2.16. The molecule has 0 aromatic carbocycles. The van der Waals surface area contributed by atoms with Crippen LogP contribution in [0.2, 0.25) is 0 Å². The van der Waals surface area contributed by atoms with Gasteiger partial charge in [-0.15, -0.1) is 22.7 Å². The highest BCUT2D eigenvalue weighted by Crippen LogP contribution is 2.33. The van der Waals surface area contributed by atoms with Crippen molar-refractivity contribution in [3.05, 3.63) is 44.3 Å². The van der Waals surface area contributed by atoms with E-state index in [0.29, 0.717) is 6.04 Å². The van der Waals surface area contributed by atoms with E-state index < -0.39 is 0 Å². The SMILES string of the molecule is c1csc(C2NCCc3sccc32)c1. The molecule has 0 amide bonds. The summed E-state index contributed by atoms with van der Waals surface area (Å²) in [4.78, 5) is 2.99. The van der Waals surface area contributed by atoms with Gasteiger partial charge < -0.3 is 5.32 Å². The normalized spacial score (nSPS) is 20.7. The lowest BCUT2D eigenvalue weighted by molar-refractivity contribution is 0.582. The van der Waals surface area contributed by atoms with Crippen LogP contribution in [-0.4, -0.2) is 6.54 Å². The van der Waals surface area contributed by atoms with Crippen molar-refractivity contribution in [2.24, 2.45) is 0 Å². The summed E-state index contributed by atoms with van der Waals surface area (Å²) in [6.07, 6.45) is 1.19. The first kappa shape index (κ1) is 8.65. The monoisotopic (exact) mass is 221 g/mol. The quantitative estimate of drug-likeness (QED) is 0.780. The van der Waals surface area contributed by atoms with Crippen molar-refractivity contribution in [1.82, 2.24) is 5.32 Å². The van der Waals surface area contributed by atoms with E-state index in [0.717, 1.165) is 6.54 Å². The number of nitrogens with one attached hydrogen (secondary N) is 1. The van der Waals surface area contributed by atoms with Gasteiger partial charge in [0.05, 0.1) is 6.04 Å². The molecule has 1 aliphatic heterocycles. The van der Waals surface area contributed by atoms with E-state index in [1.54, 1.807) is 4.88 Å². The van der Waals surface area contributed by atoms with Crippen LogP contribution in [-0.2, 0) is 6.42 Å². The van der Waals surface area contributed by atoms with Crippen LogP contribution in [0.15, 0.2) is 29.0 Å². The van der Waals surface area contributed by atoms with E-state index in [2.05, 4.69) is 34.3 Å². The van der Waals surface area contributed by atoms with Gasteiger partial charge in [0.15, 0.2) is 0 Å². The van der Waals surface area contributed by atoms with Gasteiger partial charge in [0.1, 0.15) is 0 Å². The first-order chi connectivity index (χ1) is 6.95. The van der Waals surface area contributed by atoms with Crippen molar-refractivity contribution in [2.75, 3.05) is 6.54 Å². The van der Waals surface area contributed by atoms with Crippen LogP contribution in [0.5, 0.6) is 0 Å². The van der Waals surface area contributed by atoms with E-state index >= 15 is 0 Å². The Labute approximate surface area is 91.4 Å². The Balaban J connectivity index is 2.04. The summed E-state index contributed by atoms with van der Waals surface area (Å²) in [7, 11) is 0. The largest absolute Gasteiger partial charge is 0.305 e. The van der Waals surface area contributed by atoms with E-state index in [9.17, 15) is 0 Å². The Bertz CT molecular complexity index is 416. The zero-order valence-electron chi connectivity index (χ0n) is 7.69. The van der Waals surface area contributed by atoms with Crippen LogP contribution in [0, 0.1) is 0 Å². The van der Waals surface area contributed by atoms with Crippen molar-refractivity contribution >= 4 is 22.7 Å². The molecule has 2 aromatic heterocycles. The van der Waals surface area contributed by atoms with Gasteiger partial charge >= 0.3 is 0 Å². The number of rotatable bonds is 1. The molecule has 0 radical (unpaired) electrons. The second-order valence-electron chi connectivity index (χ2n) is 3.45. The summed E-state index contributed by atoms with van der Waals surface area (Å²) >= 11 is 3.73. The fraction of sp³-hybridized carbons (Fsp3) is 0.273. The predicted octanol–water partition coefficient (Wildman–Crippen LogP) is 3.04. The molecule has 0 bridgehead atoms. The summed E-state index contributed by atoms with van der Waals surface area (Å²) < 4.78 is 0. The van der Waals surface area contributed by atoms with E-state index in [1.807, 2.05) is 22.7 Å². The maximum atomic E-state index is 3.58. The minimum Gasteiger partial charge on any atom is -0.305 e. The molecule has 72 valence electrons. The molecule has 0 spiro atoms. The molecule has 14 heavy (non-hydrogen) atoms. The third kappa shape index (κ3) is 1.32. The Hall–Kier alpha value is -0.640. The van der Waals surface area contributed by atoms with Gasteiger partial charge in [-0.1, -0.05) is 6.07 Å². The summed E-state index contributed by atoms with van der Waals surface area (Å²) in [5, 5.41) is 7.94. The Morgan fingerprint density at radius 2 is 2.21 bits per heavy atom. The van der Waals surface area contributed by atoms with Crippen LogP contribution in [0.3, 0.4) is 0 Å². The maximum Gasteiger partial charge on any atom is 0.0682 e. The molecule has 1 nitrogen and oxygen atoms in total. The third-order valence-electron chi connectivity index (χ3n) is 2.62. The number of thiophene rings is 2. The molecule has 3 rings (SSSR count). The van der Waals surface area contributed by atoms with Crippen LogP contribution < -0.4 is 5.32 Å². The molecule has 2 aromatic rings. The van der Waals surface area contributed by atoms with E-state index in [4.69, 9.17) is 0 Å². The highest BCUT2D eigenvalue weighted by Gasteiger charge is 2.22. The number of hydrogen-bond donors (Lipinski definition) is 1. The minimum atomic E-state index is 0.449. The first-order valence-corrected chi connectivity index (χ1v) is 6.54. The van der Waals surface area contributed by atoms with E-state index in [-0.39, 0.29) is 0 Å². The van der Waals surface area contributed by atoms with Gasteiger partial charge in [0.2, 0.25) is 0 Å². The second kappa shape index (κ2) is 3.50. The van der Waals surface area contributed by atoms with Crippen LogP contribution in [0.4, 0.5) is 0 Å². The van der Waals surface area contributed by atoms with Crippen LogP contribution >= 0.6 is 22.7 Å². The molecule has 1 aliphatic rings. The van der Waals surface area contributed by atoms with Crippen molar-refractivity contribution < 1.29 is 0 Å². The predicted molar refractivity (Wildman–Crippen MR) is 62.2 cm³/mol. The lowest BCUT2D eigenvalue weighted by Gasteiger charge is -2.23. The average molecular weight is 221 g/mol. The molecule has 0 saturated carbocycles. The summed E-state index contributed by atoms with van der Waals surface area (Å²) in [6, 6.07) is 7.05. The molecule has 3 heteroatoms. The lowest BCUT2D eigenvalue weighted by Crippen LogP contribution is -2.28. The van der Waals surface area contributed by atoms with Crippen LogP contribution in [0.1, 0.15) is 21.4 Å². The molecule has 1 atom stereocenters. The molecule has 0 saturated heterocycles. The van der Waals surface area contributed by atoms with Crippen molar-refractivity contribution in [1.29, 1.82) is 0 Å². The molecular formula is C11H11NS2. The van der Waals surface area contributed by atoms with Gasteiger partial charge in [0, 0.05) is 16.3 Å². The highest BCUT2D eigenvalue weighted by molar-refractivity contribution is 7.10. The topological polar surface area (TPSA) is 12.0 Å². The van der Waals surface area contributed by atoms with Gasteiger partial charge in [-0.2, -0.15) is 0 Å². The first-order valence-electron chi connectivity index (χ1n) is 4.78. The van der Waals surface area contributed by atoms with Gasteiger partial charge in [-0.25, -0.2) is 0 Å². The van der Waals surface area contributed by atoms with Crippen LogP contribution in [0.25, 0.3) is 0 Å². The standard InChI is InChI=1S/C11H11NS2/c1-2-10(13-6-1)11-8-4-7-14-9(8)3-5-12-11/h1-2,4,6-7,11-12H,3,5H2. The van der Waals surface area contributed by atoms with Crippen molar-refractivity contribution in [2.45, 2.75) is 12.5 Å². The number of hydrogen-bond acceptors (Lipinski definition) is 3. The van der Waals surface area contributed by atoms with Crippen molar-refractivity contribution in [3.63, 3.8) is 0 Å². The lowest BCUT2D eigenvalue weighted by atomic mass is 10.0. The summed E-state index contributed by atoms with van der Waals surface area (Å²) in [5.41, 5.74) is 1.49. The van der Waals surface area contributed by atoms with Crippen molar-refractivity contribution in [3.8, 4) is 0 Å². The zero-order valence-corrected chi connectivity index (χ0v) is 9.33. The molecule has 1 N–H and O–H groups in total. The fourth-order valence-electron chi connectivity index (χ4n) is 1.96. The minimum absolute atomic E-state index is 0.449. The molecule has 1 unspecified atom stereocenters. The highest BCUT2D eigenvalue weighted by atomic mass is 32.1. The van der Waals surface area contributed by atoms with Gasteiger partial charge in [-0.3, -0.25) is 0 Å². The second-order valence-corrected chi connectivity index (χ2v) is 5.43. The summed E-state index contributed by atoms with van der Waals surface area (Å²) in [6.45, 7) is 1.11. The molecular weight excluding hydrogens is 210 g/mol. The fourth-order valence-corrected chi connectivity index (χ4v) is 3.70. The Morgan fingerprint density at radius 3 is 3.07 bits per heavy atom. The van der Waals surface area contributed by atoms with Gasteiger partial charge in [-0.05, 0) is 34.9 Å².